The van der Waals surface area contributed by atoms with Crippen molar-refractivity contribution in [2.24, 2.45) is 22.2 Å². The standard InChI is InChI=1S/C67H90N2/c1-23-52-54(66(19,20)32-31-64(52,15)16)37-45(4)68(57-39-49(35-43(57)2)62(9,10)11)59-40-50(63(12,13)14)41-60(46(59)5)69(58-42-55-53(36-44(58)3)65(17,18)33-34-67(55,21)22)56-30-29-48(61(6,7)8)38-51(56)47-27-25-24-26-28-47/h23-30,35-42,49H,4,31-34H2,1-3,5-22H3/b52-23+,54-37+. The zero-order valence-corrected chi connectivity index (χ0v) is 47.2. The van der Waals surface area contributed by atoms with Gasteiger partial charge in [-0.05, 0) is 183 Å². The third kappa shape index (κ3) is 9.95. The van der Waals surface area contributed by atoms with E-state index in [0.29, 0.717) is 0 Å². The largest absolute Gasteiger partial charge is 0.311 e. The molecule has 3 aliphatic carbocycles. The summed E-state index contributed by atoms with van der Waals surface area (Å²) in [7, 11) is 0. The SMILES string of the molecule is C=C(/C=C1\C(=C/C)C(C)(C)CCC1(C)C)N(C1=CC(C(C)(C)C)C=C1C)c1cc(C(C)(C)C)cc(N(c2cc3c(cc2C)C(C)(C)CCC3(C)C)c2ccc(C(C)(C)C)cc2-c2ccccc2)c1C. The van der Waals surface area contributed by atoms with Crippen molar-refractivity contribution in [2.45, 2.75) is 193 Å². The van der Waals surface area contributed by atoms with E-state index in [9.17, 15) is 0 Å². The first kappa shape index (κ1) is 52.0. The van der Waals surface area contributed by atoms with Crippen LogP contribution in [0.2, 0.25) is 0 Å². The summed E-state index contributed by atoms with van der Waals surface area (Å²) in [5.74, 6) is 0.286. The molecule has 69 heavy (non-hydrogen) atoms. The molecule has 0 saturated heterocycles. The molecule has 3 aliphatic rings. The maximum Gasteiger partial charge on any atom is 0.0540 e. The topological polar surface area (TPSA) is 6.48 Å². The number of hydrogen-bond acceptors (Lipinski definition) is 2. The molecule has 0 spiro atoms. The molecule has 4 aromatic rings. The minimum absolute atomic E-state index is 0.00149. The Balaban J connectivity index is 1.63. The summed E-state index contributed by atoms with van der Waals surface area (Å²) < 4.78 is 0. The molecule has 2 heteroatoms. The van der Waals surface area contributed by atoms with E-state index in [1.54, 1.807) is 0 Å². The second-order valence-electron chi connectivity index (χ2n) is 27.2. The number of rotatable bonds is 8. The number of fused-ring (bicyclic) bond motifs is 1. The Bertz CT molecular complexity index is 2770. The van der Waals surface area contributed by atoms with Gasteiger partial charge in [0.15, 0.2) is 0 Å². The predicted octanol–water partition coefficient (Wildman–Crippen LogP) is 19.9. The number of anilines is 4. The highest BCUT2D eigenvalue weighted by Gasteiger charge is 2.42. The lowest BCUT2D eigenvalue weighted by Crippen LogP contribution is -2.34. The molecule has 1 unspecified atom stereocenters. The average Bonchev–Trinajstić information content (AvgIpc) is 3.64. The summed E-state index contributed by atoms with van der Waals surface area (Å²) in [6, 6.07) is 28.5. The molecule has 0 N–H and O–H groups in total. The first-order chi connectivity index (χ1) is 31.7. The lowest BCUT2D eigenvalue weighted by atomic mass is 9.60. The number of hydrogen-bond donors (Lipinski definition) is 0. The Hall–Kier alpha value is -4.82. The second kappa shape index (κ2) is 17.8. The summed E-state index contributed by atoms with van der Waals surface area (Å²) in [5, 5.41) is 0. The van der Waals surface area contributed by atoms with Crippen LogP contribution in [0.5, 0.6) is 0 Å². The molecule has 1 saturated carbocycles. The average molecular weight is 923 g/mol. The highest BCUT2D eigenvalue weighted by atomic mass is 15.2. The molecule has 0 bridgehead atoms. The molecule has 368 valence electrons. The van der Waals surface area contributed by atoms with E-state index in [1.165, 1.54) is 96.1 Å². The van der Waals surface area contributed by atoms with Gasteiger partial charge in [0, 0.05) is 28.6 Å². The van der Waals surface area contributed by atoms with Crippen LogP contribution in [-0.4, -0.2) is 0 Å². The fourth-order valence-corrected chi connectivity index (χ4v) is 11.5. The molecule has 0 radical (unpaired) electrons. The van der Waals surface area contributed by atoms with Crippen molar-refractivity contribution in [1.29, 1.82) is 0 Å². The normalized spacial score (nSPS) is 20.9. The number of allylic oxidation sites excluding steroid dienone is 7. The second-order valence-corrected chi connectivity index (χ2v) is 27.2. The van der Waals surface area contributed by atoms with Gasteiger partial charge in [0.1, 0.15) is 0 Å². The van der Waals surface area contributed by atoms with E-state index in [4.69, 9.17) is 6.58 Å². The van der Waals surface area contributed by atoms with Crippen LogP contribution in [0.25, 0.3) is 11.1 Å². The molecule has 0 heterocycles. The van der Waals surface area contributed by atoms with Crippen LogP contribution in [0, 0.1) is 36.0 Å². The molecule has 7 rings (SSSR count). The fraction of sp³-hybridized carbons (Fsp3) is 0.493. The number of aryl methyl sites for hydroxylation is 1. The maximum absolute atomic E-state index is 5.12. The third-order valence-electron chi connectivity index (χ3n) is 16.7. The minimum atomic E-state index is -0.167. The molecule has 2 nitrogen and oxygen atoms in total. The third-order valence-corrected chi connectivity index (χ3v) is 16.7. The van der Waals surface area contributed by atoms with Crippen molar-refractivity contribution in [3.8, 4) is 11.1 Å². The molecule has 1 atom stereocenters. The quantitative estimate of drug-likeness (QED) is 0.174. The zero-order chi connectivity index (χ0) is 51.2. The summed E-state index contributed by atoms with van der Waals surface area (Å²) in [5.41, 5.74) is 21.7. The van der Waals surface area contributed by atoms with Crippen LogP contribution in [-0.2, 0) is 21.7 Å². The van der Waals surface area contributed by atoms with Gasteiger partial charge < -0.3 is 9.80 Å². The molecule has 0 amide bonds. The van der Waals surface area contributed by atoms with Crippen LogP contribution < -0.4 is 9.80 Å². The molecule has 4 aromatic carbocycles. The van der Waals surface area contributed by atoms with Crippen LogP contribution >= 0.6 is 0 Å². The molecule has 0 aromatic heterocycles. The predicted molar refractivity (Wildman–Crippen MR) is 304 cm³/mol. The van der Waals surface area contributed by atoms with Crippen molar-refractivity contribution in [3.63, 3.8) is 0 Å². The first-order valence-electron chi connectivity index (χ1n) is 26.3. The number of benzene rings is 4. The summed E-state index contributed by atoms with van der Waals surface area (Å²) in [6.07, 6.45) is 14.5. The van der Waals surface area contributed by atoms with Gasteiger partial charge in [-0.3, -0.25) is 0 Å². The maximum atomic E-state index is 5.12. The van der Waals surface area contributed by atoms with Gasteiger partial charge in [-0.15, -0.1) is 0 Å². The minimum Gasteiger partial charge on any atom is -0.311 e. The molecular formula is C67H90N2. The van der Waals surface area contributed by atoms with Crippen molar-refractivity contribution >= 4 is 22.7 Å². The highest BCUT2D eigenvalue weighted by molar-refractivity contribution is 5.92. The van der Waals surface area contributed by atoms with E-state index < -0.39 is 0 Å². The lowest BCUT2D eigenvalue weighted by Gasteiger charge is -2.45. The van der Waals surface area contributed by atoms with Gasteiger partial charge in [0.05, 0.1) is 17.1 Å². The molecule has 1 fully saturated rings. The smallest absolute Gasteiger partial charge is 0.0540 e. The van der Waals surface area contributed by atoms with Gasteiger partial charge in [0.25, 0.3) is 0 Å². The van der Waals surface area contributed by atoms with Crippen LogP contribution in [0.1, 0.15) is 191 Å². The van der Waals surface area contributed by atoms with Gasteiger partial charge in [-0.1, -0.05) is 185 Å². The van der Waals surface area contributed by atoms with E-state index >= 15 is 0 Å². The van der Waals surface area contributed by atoms with Crippen LogP contribution in [0.3, 0.4) is 0 Å². The molecule has 0 aliphatic heterocycles. The summed E-state index contributed by atoms with van der Waals surface area (Å²) in [4.78, 5) is 5.21. The Morgan fingerprint density at radius 2 is 1.12 bits per heavy atom. The Morgan fingerprint density at radius 3 is 1.65 bits per heavy atom. The van der Waals surface area contributed by atoms with Crippen molar-refractivity contribution in [2.75, 3.05) is 9.80 Å². The van der Waals surface area contributed by atoms with E-state index in [-0.39, 0.29) is 43.8 Å². The van der Waals surface area contributed by atoms with Crippen molar-refractivity contribution < 1.29 is 0 Å². The summed E-state index contributed by atoms with van der Waals surface area (Å²) >= 11 is 0. The summed E-state index contributed by atoms with van der Waals surface area (Å²) in [6.45, 7) is 55.2. The van der Waals surface area contributed by atoms with Crippen LogP contribution in [0.4, 0.5) is 22.7 Å². The Kier molecular flexibility index (Phi) is 13.4. The van der Waals surface area contributed by atoms with Gasteiger partial charge in [-0.2, -0.15) is 0 Å². The van der Waals surface area contributed by atoms with Crippen LogP contribution in [0.15, 0.2) is 132 Å². The first-order valence-corrected chi connectivity index (χ1v) is 26.3. The van der Waals surface area contributed by atoms with E-state index in [0.717, 1.165) is 25.0 Å². The Morgan fingerprint density at radius 1 is 0.580 bits per heavy atom. The zero-order valence-electron chi connectivity index (χ0n) is 47.2. The van der Waals surface area contributed by atoms with Gasteiger partial charge >= 0.3 is 0 Å². The lowest BCUT2D eigenvalue weighted by molar-refractivity contribution is 0.259. The Labute approximate surface area is 421 Å². The molecular weight excluding hydrogens is 833 g/mol. The highest BCUT2D eigenvalue weighted by Crippen LogP contribution is 2.55. The van der Waals surface area contributed by atoms with Crippen molar-refractivity contribution in [3.05, 3.63) is 165 Å². The fourth-order valence-electron chi connectivity index (χ4n) is 11.5. The van der Waals surface area contributed by atoms with Crippen molar-refractivity contribution in [1.82, 2.24) is 0 Å². The monoisotopic (exact) mass is 923 g/mol. The van der Waals surface area contributed by atoms with Gasteiger partial charge in [-0.25, -0.2) is 0 Å². The van der Waals surface area contributed by atoms with E-state index in [1.807, 2.05) is 0 Å². The van der Waals surface area contributed by atoms with Gasteiger partial charge in [0.2, 0.25) is 0 Å². The number of nitrogens with zero attached hydrogens (tertiary/aromatic N) is 2. The van der Waals surface area contributed by atoms with E-state index in [2.05, 4.69) is 252 Å².